The number of hydrogen-bond acceptors (Lipinski definition) is 6. The van der Waals surface area contributed by atoms with Crippen molar-refractivity contribution in [3.8, 4) is 5.75 Å². The Morgan fingerprint density at radius 1 is 1.29 bits per heavy atom. The van der Waals surface area contributed by atoms with Crippen LogP contribution in [-0.2, 0) is 26.2 Å². The van der Waals surface area contributed by atoms with Gasteiger partial charge in [0.25, 0.3) is 5.91 Å². The number of benzene rings is 1. The van der Waals surface area contributed by atoms with Gasteiger partial charge in [-0.15, -0.1) is 0 Å². The second-order valence-electron chi connectivity index (χ2n) is 7.52. The van der Waals surface area contributed by atoms with Gasteiger partial charge in [0.2, 0.25) is 15.9 Å². The quantitative estimate of drug-likeness (QED) is 0.696. The van der Waals surface area contributed by atoms with Crippen molar-refractivity contribution >= 4 is 39.1 Å². The van der Waals surface area contributed by atoms with Gasteiger partial charge in [-0.1, -0.05) is 11.6 Å². The van der Waals surface area contributed by atoms with Gasteiger partial charge in [-0.05, 0) is 38.0 Å². The van der Waals surface area contributed by atoms with Crippen LogP contribution in [0.1, 0.15) is 24.4 Å². The normalized spacial score (nSPS) is 17.5. The Hall–Kier alpha value is -2.56. The molecule has 0 spiro atoms. The number of nitrogens with zero attached hydrogens (tertiary/aromatic N) is 1. The van der Waals surface area contributed by atoms with Crippen LogP contribution in [0.4, 0.5) is 5.69 Å². The molecule has 1 saturated heterocycles. The van der Waals surface area contributed by atoms with Crippen LogP contribution < -0.4 is 15.4 Å². The lowest BCUT2D eigenvalue weighted by atomic mass is 9.97. The third-order valence-corrected chi connectivity index (χ3v) is 7.71. The third kappa shape index (κ3) is 4.56. The van der Waals surface area contributed by atoms with Gasteiger partial charge in [0.05, 0.1) is 17.3 Å². The summed E-state index contributed by atoms with van der Waals surface area (Å²) in [4.78, 5) is 23.8. The number of fused-ring (bicyclic) bond motifs is 1. The molecular weight excluding hydrogens is 446 g/mol. The van der Waals surface area contributed by atoms with Crippen molar-refractivity contribution in [1.82, 2.24) is 9.62 Å². The molecule has 4 rings (SSSR count). The lowest BCUT2D eigenvalue weighted by Gasteiger charge is -2.31. The van der Waals surface area contributed by atoms with Gasteiger partial charge < -0.3 is 19.8 Å². The number of carbonyl (C=O) groups excluding carboxylic acids is 2. The van der Waals surface area contributed by atoms with Gasteiger partial charge in [-0.25, -0.2) is 8.42 Å². The molecule has 0 unspecified atom stereocenters. The Balaban J connectivity index is 1.40. The van der Waals surface area contributed by atoms with Crippen LogP contribution in [0.2, 0.25) is 5.02 Å². The summed E-state index contributed by atoms with van der Waals surface area (Å²) in [7, 11) is -3.88. The molecule has 0 bridgehead atoms. The first-order chi connectivity index (χ1) is 14.7. The van der Waals surface area contributed by atoms with Crippen LogP contribution in [-0.4, -0.2) is 44.2 Å². The minimum atomic E-state index is -3.88. The maximum absolute atomic E-state index is 13.1. The Morgan fingerprint density at radius 3 is 2.71 bits per heavy atom. The standard InChI is InChI=1S/C20H22ClN3O6S/c1-12-2-3-14(30-12)10-22-20(26)13-4-6-24(7-5-13)31(27,28)18-9-17-16(8-15(18)21)23-19(25)11-29-17/h2-3,8-9,13H,4-7,10-11H2,1H3,(H,22,26)(H,23,25). The predicted octanol–water partition coefficient (Wildman–Crippen LogP) is 2.29. The highest BCUT2D eigenvalue weighted by Crippen LogP contribution is 2.37. The van der Waals surface area contributed by atoms with Crippen LogP contribution in [0.15, 0.2) is 33.6 Å². The highest BCUT2D eigenvalue weighted by atomic mass is 35.5. The largest absolute Gasteiger partial charge is 0.482 e. The fraction of sp³-hybridized carbons (Fsp3) is 0.400. The Bertz CT molecular complexity index is 1120. The van der Waals surface area contributed by atoms with Crippen LogP contribution in [0.3, 0.4) is 0 Å². The van der Waals surface area contributed by atoms with Gasteiger partial charge in [0.15, 0.2) is 6.61 Å². The molecule has 3 heterocycles. The molecule has 0 atom stereocenters. The molecule has 0 radical (unpaired) electrons. The SMILES string of the molecule is Cc1ccc(CNC(=O)C2CCN(S(=O)(=O)c3cc4c(cc3Cl)NC(=O)CO4)CC2)o1. The fourth-order valence-corrected chi connectivity index (χ4v) is 5.66. The molecule has 2 aliphatic rings. The smallest absolute Gasteiger partial charge is 0.262 e. The molecule has 2 aromatic rings. The third-order valence-electron chi connectivity index (χ3n) is 5.34. The number of piperidine rings is 1. The number of hydrogen-bond donors (Lipinski definition) is 2. The lowest BCUT2D eigenvalue weighted by molar-refractivity contribution is -0.126. The van der Waals surface area contributed by atoms with Crippen molar-refractivity contribution in [2.24, 2.45) is 5.92 Å². The first-order valence-corrected chi connectivity index (χ1v) is 11.7. The highest BCUT2D eigenvalue weighted by Gasteiger charge is 2.34. The van der Waals surface area contributed by atoms with E-state index in [9.17, 15) is 18.0 Å². The minimum absolute atomic E-state index is 0.00171. The number of anilines is 1. The van der Waals surface area contributed by atoms with Gasteiger partial charge in [0.1, 0.15) is 22.2 Å². The molecule has 166 valence electrons. The minimum Gasteiger partial charge on any atom is -0.482 e. The van der Waals surface area contributed by atoms with E-state index in [4.69, 9.17) is 20.8 Å². The summed E-state index contributed by atoms with van der Waals surface area (Å²) in [6.45, 7) is 2.34. The molecule has 11 heteroatoms. The lowest BCUT2D eigenvalue weighted by Crippen LogP contribution is -2.43. The Kier molecular flexibility index (Phi) is 5.96. The zero-order chi connectivity index (χ0) is 22.2. The molecule has 2 amide bonds. The maximum Gasteiger partial charge on any atom is 0.262 e. The predicted molar refractivity (Wildman–Crippen MR) is 112 cm³/mol. The number of aryl methyl sites for hydroxylation is 1. The maximum atomic E-state index is 13.1. The van der Waals surface area contributed by atoms with E-state index >= 15 is 0 Å². The number of ether oxygens (including phenoxy) is 1. The molecule has 0 saturated carbocycles. The second kappa shape index (κ2) is 8.52. The first kappa shape index (κ1) is 21.7. The van der Waals surface area contributed by atoms with E-state index in [1.54, 1.807) is 0 Å². The topological polar surface area (TPSA) is 118 Å². The van der Waals surface area contributed by atoms with E-state index in [2.05, 4.69) is 10.6 Å². The van der Waals surface area contributed by atoms with Gasteiger partial charge in [-0.3, -0.25) is 9.59 Å². The molecule has 1 fully saturated rings. The molecule has 31 heavy (non-hydrogen) atoms. The fourth-order valence-electron chi connectivity index (χ4n) is 3.68. The number of rotatable bonds is 5. The summed E-state index contributed by atoms with van der Waals surface area (Å²) in [5.74, 6) is 0.969. The van der Waals surface area contributed by atoms with Crippen LogP contribution >= 0.6 is 11.6 Å². The zero-order valence-corrected chi connectivity index (χ0v) is 18.4. The zero-order valence-electron chi connectivity index (χ0n) is 16.8. The van der Waals surface area contributed by atoms with Crippen molar-refractivity contribution in [2.75, 3.05) is 25.0 Å². The van der Waals surface area contributed by atoms with Crippen molar-refractivity contribution in [3.63, 3.8) is 0 Å². The number of amides is 2. The van der Waals surface area contributed by atoms with Gasteiger partial charge >= 0.3 is 0 Å². The molecule has 2 N–H and O–H groups in total. The first-order valence-electron chi connectivity index (χ1n) is 9.83. The molecular formula is C20H22ClN3O6S. The second-order valence-corrected chi connectivity index (χ2v) is 9.84. The van der Waals surface area contributed by atoms with Crippen molar-refractivity contribution in [2.45, 2.75) is 31.2 Å². The van der Waals surface area contributed by atoms with Crippen LogP contribution in [0.25, 0.3) is 0 Å². The van der Waals surface area contributed by atoms with Gasteiger partial charge in [-0.2, -0.15) is 4.31 Å². The molecule has 9 nitrogen and oxygen atoms in total. The van der Waals surface area contributed by atoms with E-state index in [-0.39, 0.29) is 53.1 Å². The summed E-state index contributed by atoms with van der Waals surface area (Å²) in [5.41, 5.74) is 0.335. The average Bonchev–Trinajstić information content (AvgIpc) is 3.16. The Morgan fingerprint density at radius 2 is 2.03 bits per heavy atom. The summed E-state index contributed by atoms with van der Waals surface area (Å²) in [6, 6.07) is 6.34. The number of carbonyl (C=O) groups is 2. The summed E-state index contributed by atoms with van der Waals surface area (Å²) >= 11 is 6.21. The summed E-state index contributed by atoms with van der Waals surface area (Å²) in [6.07, 6.45) is 0.800. The van der Waals surface area contributed by atoms with Crippen molar-refractivity contribution in [1.29, 1.82) is 0 Å². The Labute approximate surface area is 184 Å². The van der Waals surface area contributed by atoms with E-state index in [0.717, 1.165) is 5.76 Å². The van der Waals surface area contributed by atoms with E-state index in [1.807, 2.05) is 19.1 Å². The monoisotopic (exact) mass is 467 g/mol. The van der Waals surface area contributed by atoms with Crippen molar-refractivity contribution in [3.05, 3.63) is 40.8 Å². The number of halogens is 1. The highest BCUT2D eigenvalue weighted by molar-refractivity contribution is 7.89. The van der Waals surface area contributed by atoms with Crippen LogP contribution in [0.5, 0.6) is 5.75 Å². The molecule has 2 aliphatic heterocycles. The molecule has 1 aromatic carbocycles. The number of furan rings is 1. The van der Waals surface area contributed by atoms with Crippen molar-refractivity contribution < 1.29 is 27.2 Å². The molecule has 1 aromatic heterocycles. The summed E-state index contributed by atoms with van der Waals surface area (Å²) in [5, 5.41) is 5.43. The number of sulfonamides is 1. The molecule has 0 aliphatic carbocycles. The van der Waals surface area contributed by atoms with Gasteiger partial charge in [0, 0.05) is 25.1 Å². The van der Waals surface area contributed by atoms with Crippen LogP contribution in [0, 0.1) is 12.8 Å². The van der Waals surface area contributed by atoms with E-state index in [1.165, 1.54) is 16.4 Å². The van der Waals surface area contributed by atoms with E-state index in [0.29, 0.717) is 30.8 Å². The summed E-state index contributed by atoms with van der Waals surface area (Å²) < 4.78 is 38.3. The number of nitrogens with one attached hydrogen (secondary N) is 2. The van der Waals surface area contributed by atoms with E-state index < -0.39 is 10.0 Å². The average molecular weight is 468 g/mol.